The van der Waals surface area contributed by atoms with Gasteiger partial charge in [-0.15, -0.1) is 0 Å². The SMILES string of the molecule is CCCCC/C=C\C/C=C\C/C=C\C/C=C\C/C=C\CCC(=O)OC[C@H](COP(=O)(O)OC[C@@H](O)COP(=O)(O)OC[C@@H](COC(=O)CCCCCCC/C=C\C/C=C\CCCCC)OC(=O)CCCCCCCCCCCCCCCCC)OC(=O)CCCCCCC/C=C\C/C=C\CCCCC. The fraction of sp³-hybridized carbons (Fsp3) is 0.741. The Bertz CT molecular complexity index is 2390. The highest BCUT2D eigenvalue weighted by molar-refractivity contribution is 7.47. The predicted molar refractivity (Wildman–Crippen MR) is 427 cm³/mol. The molecule has 0 saturated carbocycles. The molecular weight excluding hydrogens is 1350 g/mol. The van der Waals surface area contributed by atoms with E-state index >= 15 is 0 Å². The van der Waals surface area contributed by atoms with Crippen LogP contribution in [0.1, 0.15) is 349 Å². The Labute approximate surface area is 632 Å². The maximum absolute atomic E-state index is 13.1. The first-order valence-corrected chi connectivity index (χ1v) is 44.1. The second-order valence-corrected chi connectivity index (χ2v) is 30.3. The van der Waals surface area contributed by atoms with E-state index in [0.717, 1.165) is 141 Å². The fourth-order valence-electron chi connectivity index (χ4n) is 10.9. The number of hydrogen-bond donors (Lipinski definition) is 3. The molecule has 3 N–H and O–H groups in total. The summed E-state index contributed by atoms with van der Waals surface area (Å²) in [5, 5.41) is 10.6. The zero-order valence-electron chi connectivity index (χ0n) is 65.7. The summed E-state index contributed by atoms with van der Waals surface area (Å²) in [4.78, 5) is 73.0. The number of aliphatic hydroxyl groups is 1. The van der Waals surface area contributed by atoms with Crippen LogP contribution in [0.3, 0.4) is 0 Å². The quantitative estimate of drug-likeness (QED) is 0.0169. The van der Waals surface area contributed by atoms with E-state index in [1.807, 2.05) is 12.2 Å². The number of esters is 4. The highest BCUT2D eigenvalue weighted by Crippen LogP contribution is 2.45. The molecule has 0 aromatic carbocycles. The number of rotatable bonds is 77. The van der Waals surface area contributed by atoms with E-state index in [1.165, 1.54) is 122 Å². The molecule has 0 bridgehead atoms. The first-order valence-electron chi connectivity index (χ1n) is 41.1. The number of unbranched alkanes of at least 4 members (excludes halogenated alkanes) is 33. The predicted octanol–water partition coefficient (Wildman–Crippen LogP) is 24.1. The van der Waals surface area contributed by atoms with Crippen molar-refractivity contribution < 1.29 is 80.2 Å². The van der Waals surface area contributed by atoms with Crippen LogP contribution in [0.5, 0.6) is 0 Å². The van der Waals surface area contributed by atoms with Crippen molar-refractivity contribution in [3.8, 4) is 0 Å². The summed E-state index contributed by atoms with van der Waals surface area (Å²) in [5.41, 5.74) is 0. The molecule has 5 atom stereocenters. The number of allylic oxidation sites excluding steroid dienone is 18. The molecule has 17 nitrogen and oxygen atoms in total. The molecule has 0 aliphatic heterocycles. The average molecular weight is 1500 g/mol. The minimum absolute atomic E-state index is 0.0342. The number of carbonyl (C=O) groups excluding carboxylic acids is 4. The Morgan fingerprint density at radius 1 is 0.269 bits per heavy atom. The van der Waals surface area contributed by atoms with Crippen LogP contribution in [0.15, 0.2) is 109 Å². The normalized spacial score (nSPS) is 14.4. The molecule has 0 radical (unpaired) electrons. The van der Waals surface area contributed by atoms with E-state index in [4.69, 9.17) is 37.0 Å². The third-order valence-electron chi connectivity index (χ3n) is 17.2. The Morgan fingerprint density at radius 3 is 0.798 bits per heavy atom. The van der Waals surface area contributed by atoms with Crippen LogP contribution < -0.4 is 0 Å². The molecule has 0 fully saturated rings. The van der Waals surface area contributed by atoms with Crippen molar-refractivity contribution >= 4 is 39.5 Å². The largest absolute Gasteiger partial charge is 0.472 e. The average Bonchev–Trinajstić information content (AvgIpc) is 0.918. The molecule has 600 valence electrons. The summed E-state index contributed by atoms with van der Waals surface area (Å²) in [6, 6.07) is 0. The highest BCUT2D eigenvalue weighted by Gasteiger charge is 2.30. The molecule has 0 amide bonds. The molecule has 0 aliphatic carbocycles. The monoisotopic (exact) mass is 1500 g/mol. The molecule has 2 unspecified atom stereocenters. The molecule has 0 rings (SSSR count). The van der Waals surface area contributed by atoms with Crippen LogP contribution in [0.4, 0.5) is 0 Å². The van der Waals surface area contributed by atoms with Gasteiger partial charge in [-0.25, -0.2) is 9.13 Å². The molecule has 104 heavy (non-hydrogen) atoms. The van der Waals surface area contributed by atoms with Crippen molar-refractivity contribution in [1.29, 1.82) is 0 Å². The van der Waals surface area contributed by atoms with Crippen LogP contribution in [-0.4, -0.2) is 96.7 Å². The number of aliphatic hydroxyl groups excluding tert-OH is 1. The summed E-state index contributed by atoms with van der Waals surface area (Å²) in [7, 11) is -9.98. The maximum Gasteiger partial charge on any atom is 0.472 e. The minimum atomic E-state index is -5.00. The van der Waals surface area contributed by atoms with Crippen LogP contribution in [0, 0.1) is 0 Å². The van der Waals surface area contributed by atoms with Gasteiger partial charge < -0.3 is 33.8 Å². The summed E-state index contributed by atoms with van der Waals surface area (Å²) in [5.74, 6) is -2.28. The Hall–Kier alpha value is -4.28. The van der Waals surface area contributed by atoms with Crippen molar-refractivity contribution in [2.45, 2.75) is 367 Å². The van der Waals surface area contributed by atoms with E-state index in [1.54, 1.807) is 0 Å². The van der Waals surface area contributed by atoms with Crippen molar-refractivity contribution in [1.82, 2.24) is 0 Å². The van der Waals surface area contributed by atoms with E-state index < -0.39 is 97.5 Å². The van der Waals surface area contributed by atoms with Gasteiger partial charge in [-0.1, -0.05) is 304 Å². The molecule has 0 spiro atoms. The number of phosphoric ester groups is 2. The third kappa shape index (κ3) is 75.9. The van der Waals surface area contributed by atoms with Crippen LogP contribution in [0.2, 0.25) is 0 Å². The van der Waals surface area contributed by atoms with Gasteiger partial charge in [-0.2, -0.15) is 0 Å². The first kappa shape index (κ1) is 99.7. The lowest BCUT2D eigenvalue weighted by atomic mass is 10.0. The lowest BCUT2D eigenvalue weighted by molar-refractivity contribution is -0.161. The number of phosphoric acid groups is 2. The third-order valence-corrected chi connectivity index (χ3v) is 19.1. The molecular formula is C85H148O17P2. The highest BCUT2D eigenvalue weighted by atomic mass is 31.2. The van der Waals surface area contributed by atoms with Gasteiger partial charge in [0.15, 0.2) is 12.2 Å². The van der Waals surface area contributed by atoms with Crippen molar-refractivity contribution in [3.63, 3.8) is 0 Å². The zero-order valence-corrected chi connectivity index (χ0v) is 67.5. The van der Waals surface area contributed by atoms with E-state index in [9.17, 15) is 43.2 Å². The molecule has 0 aromatic rings. The molecule has 0 aliphatic rings. The Balaban J connectivity index is 5.43. The maximum atomic E-state index is 13.1. The van der Waals surface area contributed by atoms with Gasteiger partial charge in [0.05, 0.1) is 26.4 Å². The minimum Gasteiger partial charge on any atom is -0.462 e. The molecule has 0 heterocycles. The van der Waals surface area contributed by atoms with Crippen LogP contribution in [0.25, 0.3) is 0 Å². The van der Waals surface area contributed by atoms with Gasteiger partial charge in [0, 0.05) is 25.7 Å². The summed E-state index contributed by atoms with van der Waals surface area (Å²) >= 11 is 0. The van der Waals surface area contributed by atoms with Gasteiger partial charge >= 0.3 is 39.5 Å². The lowest BCUT2D eigenvalue weighted by Crippen LogP contribution is -2.30. The number of carbonyl (C=O) groups is 4. The zero-order chi connectivity index (χ0) is 76.0. The molecule has 0 aromatic heterocycles. The van der Waals surface area contributed by atoms with Gasteiger partial charge in [0.1, 0.15) is 19.3 Å². The van der Waals surface area contributed by atoms with Gasteiger partial charge in [-0.3, -0.25) is 37.3 Å². The van der Waals surface area contributed by atoms with Gasteiger partial charge in [0.2, 0.25) is 0 Å². The van der Waals surface area contributed by atoms with Crippen molar-refractivity contribution in [2.75, 3.05) is 39.6 Å². The standard InChI is InChI=1S/C85H148O17P2/c1-5-9-13-17-21-25-29-33-37-38-39-40-44-46-50-54-58-62-66-70-83(88)96-76-81(102-85(90)72-68-64-60-56-52-48-43-36-32-28-24-20-16-12-8-4)78-100-104(93,94)98-74-79(86)73-97-103(91,92)99-77-80(101-84(89)71-67-63-59-55-51-47-42-35-31-27-23-19-15-11-7-3)75-95-82(87)69-65-61-57-53-49-45-41-34-30-26-22-18-14-10-6-2/h21-22,24-26,28,33-34,36-37,39-41,43,46,50,58,62,79-81,86H,5-20,23,27,29-32,35,38,42,44-45,47-49,51-57,59-61,63-78H2,1-4H3,(H,91,92)(H,93,94)/b25-21-,26-22-,28-24-,37-33-,40-39-,41-34-,43-36-,50-46-,62-58-/t79-,80+,81+/m0/s1. The fourth-order valence-corrected chi connectivity index (χ4v) is 12.5. The topological polar surface area (TPSA) is 237 Å². The smallest absolute Gasteiger partial charge is 0.462 e. The lowest BCUT2D eigenvalue weighted by Gasteiger charge is -2.21. The van der Waals surface area contributed by atoms with E-state index in [2.05, 4.69) is 125 Å². The molecule has 0 saturated heterocycles. The summed E-state index contributed by atoms with van der Waals surface area (Å²) < 4.78 is 68.6. The number of hydrogen-bond acceptors (Lipinski definition) is 15. The van der Waals surface area contributed by atoms with Gasteiger partial charge in [-0.05, 0) is 128 Å². The van der Waals surface area contributed by atoms with E-state index in [-0.39, 0.29) is 25.7 Å². The Morgan fingerprint density at radius 2 is 0.490 bits per heavy atom. The van der Waals surface area contributed by atoms with Gasteiger partial charge in [0.25, 0.3) is 0 Å². The second kappa shape index (κ2) is 76.9. The summed E-state index contributed by atoms with van der Waals surface area (Å²) in [6.45, 7) is 4.73. The molecule has 19 heteroatoms. The van der Waals surface area contributed by atoms with Crippen molar-refractivity contribution in [3.05, 3.63) is 109 Å². The number of ether oxygens (including phenoxy) is 4. The second-order valence-electron chi connectivity index (χ2n) is 27.4. The van der Waals surface area contributed by atoms with Crippen molar-refractivity contribution in [2.24, 2.45) is 0 Å². The summed E-state index contributed by atoms with van der Waals surface area (Å²) in [6.07, 6.45) is 83.5. The first-order chi connectivity index (χ1) is 50.7. The Kier molecular flexibility index (Phi) is 73.7. The van der Waals surface area contributed by atoms with Crippen LogP contribution in [-0.2, 0) is 65.4 Å². The van der Waals surface area contributed by atoms with Crippen LogP contribution >= 0.6 is 15.6 Å². The van der Waals surface area contributed by atoms with E-state index in [0.29, 0.717) is 32.1 Å².